The summed E-state index contributed by atoms with van der Waals surface area (Å²) in [4.78, 5) is 25.5. The van der Waals surface area contributed by atoms with Crippen LogP contribution in [0.3, 0.4) is 0 Å². The van der Waals surface area contributed by atoms with Gasteiger partial charge in [0.25, 0.3) is 5.91 Å². The van der Waals surface area contributed by atoms with E-state index >= 15 is 0 Å². The molecule has 4 N–H and O–H groups in total. The van der Waals surface area contributed by atoms with Crippen molar-refractivity contribution >= 4 is 11.8 Å². The van der Waals surface area contributed by atoms with Crippen molar-refractivity contribution < 1.29 is 9.59 Å². The summed E-state index contributed by atoms with van der Waals surface area (Å²) in [6.07, 6.45) is 0.381. The Morgan fingerprint density at radius 1 is 1.12 bits per heavy atom. The Balaban J connectivity index is 1.73. The molecule has 2 amide bonds. The third-order valence-corrected chi connectivity index (χ3v) is 4.36. The van der Waals surface area contributed by atoms with Crippen LogP contribution in [0.5, 0.6) is 0 Å². The Bertz CT molecular complexity index is 868. The van der Waals surface area contributed by atoms with Gasteiger partial charge >= 0.3 is 0 Å². The first-order valence-corrected chi connectivity index (χ1v) is 7.93. The first-order chi connectivity index (χ1) is 12.0. The average molecular weight is 334 g/mol. The van der Waals surface area contributed by atoms with E-state index in [2.05, 4.69) is 0 Å². The molecule has 2 aromatic rings. The largest absolute Gasteiger partial charge is 0.368 e. The highest BCUT2D eigenvalue weighted by Gasteiger charge is 2.24. The summed E-state index contributed by atoms with van der Waals surface area (Å²) < 4.78 is 0. The molecular formula is C19H18N4O2. The quantitative estimate of drug-likeness (QED) is 0.870. The second-order valence-corrected chi connectivity index (χ2v) is 6.17. The van der Waals surface area contributed by atoms with Gasteiger partial charge in [-0.05, 0) is 47.4 Å². The van der Waals surface area contributed by atoms with Gasteiger partial charge in [-0.25, -0.2) is 0 Å². The Labute approximate surface area is 145 Å². The second-order valence-electron chi connectivity index (χ2n) is 6.17. The number of amides is 2. The Morgan fingerprint density at radius 3 is 2.44 bits per heavy atom. The fraction of sp³-hybridized carbons (Fsp3) is 0.211. The minimum Gasteiger partial charge on any atom is -0.368 e. The minimum absolute atomic E-state index is 0.0731. The van der Waals surface area contributed by atoms with Crippen LogP contribution in [0.4, 0.5) is 0 Å². The maximum Gasteiger partial charge on any atom is 0.254 e. The third-order valence-electron chi connectivity index (χ3n) is 4.36. The van der Waals surface area contributed by atoms with Crippen molar-refractivity contribution in [3.8, 4) is 6.07 Å². The molecular weight excluding hydrogens is 316 g/mol. The maximum atomic E-state index is 12.6. The van der Waals surface area contributed by atoms with E-state index in [1.54, 1.807) is 29.2 Å². The maximum absolute atomic E-state index is 12.6. The van der Waals surface area contributed by atoms with Crippen molar-refractivity contribution in [2.24, 2.45) is 11.5 Å². The minimum atomic E-state index is -0.712. The predicted molar refractivity (Wildman–Crippen MR) is 92.1 cm³/mol. The van der Waals surface area contributed by atoms with E-state index in [9.17, 15) is 9.59 Å². The van der Waals surface area contributed by atoms with Crippen LogP contribution < -0.4 is 11.5 Å². The fourth-order valence-electron chi connectivity index (χ4n) is 2.94. The predicted octanol–water partition coefficient (Wildman–Crippen LogP) is 1.07. The Kier molecular flexibility index (Phi) is 4.50. The van der Waals surface area contributed by atoms with E-state index in [1.165, 1.54) is 0 Å². The lowest BCUT2D eigenvalue weighted by Crippen LogP contribution is -2.38. The van der Waals surface area contributed by atoms with Gasteiger partial charge in [-0.2, -0.15) is 5.26 Å². The van der Waals surface area contributed by atoms with Gasteiger partial charge < -0.3 is 16.4 Å². The number of hydrogen-bond donors (Lipinski definition) is 2. The monoisotopic (exact) mass is 334 g/mol. The van der Waals surface area contributed by atoms with Crippen LogP contribution in [0.2, 0.25) is 0 Å². The summed E-state index contributed by atoms with van der Waals surface area (Å²) in [5.74, 6) is -0.603. The standard InChI is InChI=1S/C19H18N4O2/c20-9-12-1-4-14(5-2-12)19(25)23-10-15-6-3-13(7-16(15)11-23)8-17(21)18(22)24/h1-7,17H,8,10-11,21H2,(H2,22,24)/t17-/m0/s1. The number of primary amides is 1. The van der Waals surface area contributed by atoms with Crippen molar-refractivity contribution in [1.29, 1.82) is 5.26 Å². The van der Waals surface area contributed by atoms with Crippen molar-refractivity contribution in [3.05, 3.63) is 70.3 Å². The van der Waals surface area contributed by atoms with E-state index in [0.29, 0.717) is 30.6 Å². The molecule has 1 aliphatic heterocycles. The first kappa shape index (κ1) is 16.7. The van der Waals surface area contributed by atoms with E-state index < -0.39 is 11.9 Å². The van der Waals surface area contributed by atoms with Gasteiger partial charge in [-0.1, -0.05) is 18.2 Å². The molecule has 0 spiro atoms. The van der Waals surface area contributed by atoms with Crippen LogP contribution >= 0.6 is 0 Å². The summed E-state index contributed by atoms with van der Waals surface area (Å²) in [6, 6.07) is 13.8. The molecule has 0 aromatic heterocycles. The number of benzene rings is 2. The van der Waals surface area contributed by atoms with Gasteiger partial charge in [0.2, 0.25) is 5.91 Å². The zero-order valence-corrected chi connectivity index (χ0v) is 13.6. The lowest BCUT2D eigenvalue weighted by molar-refractivity contribution is -0.119. The lowest BCUT2D eigenvalue weighted by atomic mass is 10.0. The summed E-state index contributed by atoms with van der Waals surface area (Å²) >= 11 is 0. The normalized spacial score (nSPS) is 13.8. The molecule has 0 radical (unpaired) electrons. The van der Waals surface area contributed by atoms with Gasteiger partial charge in [0, 0.05) is 18.7 Å². The summed E-state index contributed by atoms with van der Waals surface area (Å²) in [5, 5.41) is 8.84. The highest BCUT2D eigenvalue weighted by molar-refractivity contribution is 5.94. The molecule has 0 aliphatic carbocycles. The number of hydrogen-bond acceptors (Lipinski definition) is 4. The van der Waals surface area contributed by atoms with Gasteiger partial charge in [0.1, 0.15) is 0 Å². The lowest BCUT2D eigenvalue weighted by Gasteiger charge is -2.15. The second kappa shape index (κ2) is 6.75. The average Bonchev–Trinajstić information content (AvgIpc) is 3.04. The molecule has 0 unspecified atom stereocenters. The van der Waals surface area contributed by atoms with E-state index in [4.69, 9.17) is 16.7 Å². The number of nitrogens with two attached hydrogens (primary N) is 2. The summed E-state index contributed by atoms with van der Waals surface area (Å²) in [7, 11) is 0. The summed E-state index contributed by atoms with van der Waals surface area (Å²) in [6.45, 7) is 1.05. The van der Waals surface area contributed by atoms with E-state index in [1.807, 2.05) is 24.3 Å². The van der Waals surface area contributed by atoms with Gasteiger partial charge in [-0.15, -0.1) is 0 Å². The Hall–Kier alpha value is -3.17. The van der Waals surface area contributed by atoms with Crippen LogP contribution in [0.25, 0.3) is 0 Å². The third kappa shape index (κ3) is 3.52. The van der Waals surface area contributed by atoms with Crippen LogP contribution in [-0.4, -0.2) is 22.8 Å². The molecule has 2 aromatic carbocycles. The van der Waals surface area contributed by atoms with Crippen LogP contribution in [0.15, 0.2) is 42.5 Å². The molecule has 0 saturated carbocycles. The number of nitrogens with zero attached hydrogens (tertiary/aromatic N) is 2. The van der Waals surface area contributed by atoms with Crippen molar-refractivity contribution in [1.82, 2.24) is 4.90 Å². The van der Waals surface area contributed by atoms with Crippen LogP contribution in [-0.2, 0) is 24.3 Å². The molecule has 25 heavy (non-hydrogen) atoms. The molecule has 1 atom stereocenters. The topological polar surface area (TPSA) is 113 Å². The first-order valence-electron chi connectivity index (χ1n) is 7.93. The molecule has 1 aliphatic rings. The molecule has 126 valence electrons. The number of carbonyl (C=O) groups is 2. The van der Waals surface area contributed by atoms with E-state index in [-0.39, 0.29) is 5.91 Å². The van der Waals surface area contributed by atoms with Crippen molar-refractivity contribution in [3.63, 3.8) is 0 Å². The number of nitriles is 1. The fourth-order valence-corrected chi connectivity index (χ4v) is 2.94. The highest BCUT2D eigenvalue weighted by atomic mass is 16.2. The van der Waals surface area contributed by atoms with Crippen molar-refractivity contribution in [2.45, 2.75) is 25.6 Å². The van der Waals surface area contributed by atoms with Crippen LogP contribution in [0, 0.1) is 11.3 Å². The SMILES string of the molecule is N#Cc1ccc(C(=O)N2Cc3ccc(C[C@H](N)C(N)=O)cc3C2)cc1. The summed E-state index contributed by atoms with van der Waals surface area (Å²) in [5.41, 5.74) is 15.1. The zero-order chi connectivity index (χ0) is 18.0. The molecule has 0 fully saturated rings. The molecule has 0 saturated heterocycles. The molecule has 1 heterocycles. The van der Waals surface area contributed by atoms with Crippen molar-refractivity contribution in [2.75, 3.05) is 0 Å². The van der Waals surface area contributed by atoms with Gasteiger partial charge in [0.05, 0.1) is 17.7 Å². The Morgan fingerprint density at radius 2 is 1.80 bits per heavy atom. The van der Waals surface area contributed by atoms with E-state index in [0.717, 1.165) is 16.7 Å². The number of fused-ring (bicyclic) bond motifs is 1. The molecule has 3 rings (SSSR count). The molecule has 0 bridgehead atoms. The number of carbonyl (C=O) groups excluding carboxylic acids is 2. The van der Waals surface area contributed by atoms with Crippen LogP contribution in [0.1, 0.15) is 32.6 Å². The molecule has 6 nitrogen and oxygen atoms in total. The smallest absolute Gasteiger partial charge is 0.254 e. The zero-order valence-electron chi connectivity index (χ0n) is 13.6. The van der Waals surface area contributed by atoms with Gasteiger partial charge in [-0.3, -0.25) is 9.59 Å². The molecule has 6 heteroatoms. The van der Waals surface area contributed by atoms with Gasteiger partial charge in [0.15, 0.2) is 0 Å². The highest BCUT2D eigenvalue weighted by Crippen LogP contribution is 2.26. The number of rotatable bonds is 4.